The van der Waals surface area contributed by atoms with Crippen LogP contribution in [0.5, 0.6) is 0 Å². The lowest BCUT2D eigenvalue weighted by Crippen LogP contribution is -2.08. The number of fused-ring (bicyclic) bond motifs is 2. The molecule has 7 heteroatoms. The molecule has 0 radical (unpaired) electrons. The summed E-state index contributed by atoms with van der Waals surface area (Å²) in [5.41, 5.74) is 2.24. The van der Waals surface area contributed by atoms with E-state index in [0.717, 1.165) is 27.1 Å². The molecule has 1 aromatic heterocycles. The minimum atomic E-state index is -0.473. The molecule has 0 bridgehead atoms. The van der Waals surface area contributed by atoms with E-state index in [2.05, 4.69) is 28.5 Å². The van der Waals surface area contributed by atoms with E-state index in [0.29, 0.717) is 17.1 Å². The summed E-state index contributed by atoms with van der Waals surface area (Å²) in [6.07, 6.45) is 3.36. The van der Waals surface area contributed by atoms with Gasteiger partial charge in [0, 0.05) is 12.1 Å². The number of nitro benzene ring substituents is 1. The zero-order chi connectivity index (χ0) is 22.9. The van der Waals surface area contributed by atoms with Gasteiger partial charge in [-0.2, -0.15) is 0 Å². The number of allylic oxidation sites excluding steroid dienone is 1. The van der Waals surface area contributed by atoms with Crippen LogP contribution in [0.25, 0.3) is 33.3 Å². The molecule has 5 rings (SSSR count). The Labute approximate surface area is 188 Å². The van der Waals surface area contributed by atoms with Gasteiger partial charge in [0.15, 0.2) is 0 Å². The van der Waals surface area contributed by atoms with Gasteiger partial charge in [0.05, 0.1) is 16.3 Å². The molecule has 1 heterocycles. The molecule has 160 valence electrons. The fraction of sp³-hybridized carbons (Fsp3) is 0.0385. The van der Waals surface area contributed by atoms with Gasteiger partial charge in [-0.05, 0) is 64.4 Å². The standard InChI is InChI=1S/C26H18N4O3/c1-17-26(29(28-27-17)20-10-12-21(13-11-20)30(32)33)25(31)15-14-24-22-8-4-2-6-18(22)16-19-7-3-5-9-23(19)24/h2-16H,1H3. The summed E-state index contributed by atoms with van der Waals surface area (Å²) < 4.78 is 1.41. The topological polar surface area (TPSA) is 90.9 Å². The van der Waals surface area contributed by atoms with Gasteiger partial charge < -0.3 is 0 Å². The highest BCUT2D eigenvalue weighted by molar-refractivity contribution is 6.11. The van der Waals surface area contributed by atoms with Crippen molar-refractivity contribution in [3.8, 4) is 5.69 Å². The Morgan fingerprint density at radius 1 is 0.939 bits per heavy atom. The number of aromatic nitrogens is 3. The Bertz CT molecular complexity index is 1510. The third-order valence-corrected chi connectivity index (χ3v) is 5.59. The normalized spacial score (nSPS) is 11.4. The van der Waals surface area contributed by atoms with Crippen LogP contribution in [0.3, 0.4) is 0 Å². The van der Waals surface area contributed by atoms with Gasteiger partial charge in [-0.3, -0.25) is 14.9 Å². The maximum Gasteiger partial charge on any atom is 0.269 e. The Morgan fingerprint density at radius 2 is 1.55 bits per heavy atom. The van der Waals surface area contributed by atoms with E-state index < -0.39 is 4.92 Å². The second-order valence-electron chi connectivity index (χ2n) is 7.64. The molecule has 5 aromatic rings. The molecule has 0 saturated heterocycles. The summed E-state index contributed by atoms with van der Waals surface area (Å²) in [4.78, 5) is 23.7. The number of carbonyl (C=O) groups excluding carboxylic acids is 1. The van der Waals surface area contributed by atoms with Crippen LogP contribution >= 0.6 is 0 Å². The summed E-state index contributed by atoms with van der Waals surface area (Å²) >= 11 is 0. The monoisotopic (exact) mass is 434 g/mol. The number of nitrogens with zero attached hydrogens (tertiary/aromatic N) is 4. The second kappa shape index (κ2) is 8.12. The second-order valence-corrected chi connectivity index (χ2v) is 7.64. The lowest BCUT2D eigenvalue weighted by atomic mass is 9.96. The number of nitro groups is 1. The van der Waals surface area contributed by atoms with Crippen molar-refractivity contribution in [1.82, 2.24) is 15.0 Å². The van der Waals surface area contributed by atoms with E-state index in [4.69, 9.17) is 0 Å². The molecular weight excluding hydrogens is 416 g/mol. The molecule has 33 heavy (non-hydrogen) atoms. The predicted octanol–water partition coefficient (Wildman–Crippen LogP) is 5.69. The predicted molar refractivity (Wildman–Crippen MR) is 128 cm³/mol. The Kier molecular flexibility index (Phi) is 4.99. The van der Waals surface area contributed by atoms with E-state index in [1.54, 1.807) is 19.1 Å². The number of hydrogen-bond acceptors (Lipinski definition) is 5. The average Bonchev–Trinajstić information content (AvgIpc) is 3.23. The van der Waals surface area contributed by atoms with Crippen LogP contribution < -0.4 is 0 Å². The molecule has 7 nitrogen and oxygen atoms in total. The average molecular weight is 434 g/mol. The molecular formula is C26H18N4O3. The van der Waals surface area contributed by atoms with Crippen LogP contribution in [0.4, 0.5) is 5.69 Å². The van der Waals surface area contributed by atoms with Crippen LogP contribution in [-0.2, 0) is 0 Å². The van der Waals surface area contributed by atoms with Crippen molar-refractivity contribution in [1.29, 1.82) is 0 Å². The zero-order valence-electron chi connectivity index (χ0n) is 17.7. The number of hydrogen-bond donors (Lipinski definition) is 0. The van der Waals surface area contributed by atoms with Crippen LogP contribution in [0.15, 0.2) is 84.9 Å². The summed E-state index contributed by atoms with van der Waals surface area (Å²) in [5, 5.41) is 23.4. The van der Waals surface area contributed by atoms with Crippen molar-refractivity contribution in [2.24, 2.45) is 0 Å². The first-order chi connectivity index (χ1) is 16.0. The highest BCUT2D eigenvalue weighted by Crippen LogP contribution is 2.29. The van der Waals surface area contributed by atoms with Gasteiger partial charge in [0.25, 0.3) is 5.69 Å². The van der Waals surface area contributed by atoms with Crippen LogP contribution in [0.2, 0.25) is 0 Å². The fourth-order valence-corrected chi connectivity index (χ4v) is 4.00. The number of rotatable bonds is 5. The van der Waals surface area contributed by atoms with Crippen molar-refractivity contribution >= 4 is 39.1 Å². The summed E-state index contributed by atoms with van der Waals surface area (Å²) in [6.45, 7) is 1.71. The number of ketones is 1. The van der Waals surface area contributed by atoms with Gasteiger partial charge in [-0.25, -0.2) is 4.68 Å². The van der Waals surface area contributed by atoms with Gasteiger partial charge in [0.2, 0.25) is 5.78 Å². The quantitative estimate of drug-likeness (QED) is 0.117. The maximum atomic E-state index is 13.2. The first-order valence-corrected chi connectivity index (χ1v) is 10.3. The van der Waals surface area contributed by atoms with Crippen LogP contribution in [0.1, 0.15) is 21.7 Å². The van der Waals surface area contributed by atoms with E-state index >= 15 is 0 Å². The third-order valence-electron chi connectivity index (χ3n) is 5.59. The molecule has 0 aliphatic heterocycles. The van der Waals surface area contributed by atoms with Gasteiger partial charge in [-0.1, -0.05) is 53.7 Å². The number of carbonyl (C=O) groups is 1. The first kappa shape index (κ1) is 20.3. The van der Waals surface area contributed by atoms with Crippen molar-refractivity contribution in [3.63, 3.8) is 0 Å². The molecule has 4 aromatic carbocycles. The van der Waals surface area contributed by atoms with E-state index in [1.807, 2.05) is 42.5 Å². The molecule has 0 spiro atoms. The lowest BCUT2D eigenvalue weighted by molar-refractivity contribution is -0.384. The highest BCUT2D eigenvalue weighted by Gasteiger charge is 2.18. The van der Waals surface area contributed by atoms with Crippen LogP contribution in [-0.4, -0.2) is 25.7 Å². The minimum absolute atomic E-state index is 0.0359. The number of non-ortho nitro benzene ring substituents is 1. The molecule has 0 fully saturated rings. The van der Waals surface area contributed by atoms with E-state index in [9.17, 15) is 14.9 Å². The Balaban J connectivity index is 1.58. The zero-order valence-corrected chi connectivity index (χ0v) is 17.7. The van der Waals surface area contributed by atoms with Crippen molar-refractivity contribution < 1.29 is 9.72 Å². The lowest BCUT2D eigenvalue weighted by Gasteiger charge is -2.08. The van der Waals surface area contributed by atoms with Crippen molar-refractivity contribution in [3.05, 3.63) is 112 Å². The molecule has 0 amide bonds. The summed E-state index contributed by atoms with van der Waals surface area (Å²) in [6, 6.07) is 24.1. The summed E-state index contributed by atoms with van der Waals surface area (Å²) in [7, 11) is 0. The summed E-state index contributed by atoms with van der Waals surface area (Å²) in [5.74, 6) is -0.257. The fourth-order valence-electron chi connectivity index (χ4n) is 4.00. The SMILES string of the molecule is Cc1nnn(-c2ccc([N+](=O)[O-])cc2)c1C(=O)C=Cc1c2ccccc2cc2ccccc12. The minimum Gasteiger partial charge on any atom is -0.287 e. The molecule has 0 unspecified atom stereocenters. The number of aryl methyl sites for hydroxylation is 1. The number of benzene rings is 4. The van der Waals surface area contributed by atoms with Gasteiger partial charge in [-0.15, -0.1) is 5.10 Å². The molecule has 0 saturated carbocycles. The Hall–Kier alpha value is -4.65. The van der Waals surface area contributed by atoms with Gasteiger partial charge in [0.1, 0.15) is 5.69 Å². The van der Waals surface area contributed by atoms with E-state index in [1.165, 1.54) is 22.9 Å². The molecule has 0 aliphatic carbocycles. The van der Waals surface area contributed by atoms with Gasteiger partial charge >= 0.3 is 0 Å². The first-order valence-electron chi connectivity index (χ1n) is 10.3. The van der Waals surface area contributed by atoms with Crippen molar-refractivity contribution in [2.75, 3.05) is 0 Å². The highest BCUT2D eigenvalue weighted by atomic mass is 16.6. The maximum absolute atomic E-state index is 13.2. The molecule has 0 aliphatic rings. The Morgan fingerprint density at radius 3 is 2.15 bits per heavy atom. The third kappa shape index (κ3) is 3.65. The van der Waals surface area contributed by atoms with Crippen molar-refractivity contribution in [2.45, 2.75) is 6.92 Å². The molecule has 0 N–H and O–H groups in total. The smallest absolute Gasteiger partial charge is 0.269 e. The largest absolute Gasteiger partial charge is 0.287 e. The molecule has 0 atom stereocenters. The van der Waals surface area contributed by atoms with E-state index in [-0.39, 0.29) is 11.5 Å². The van der Waals surface area contributed by atoms with Crippen LogP contribution in [0, 0.1) is 17.0 Å².